The molecule has 0 N–H and O–H groups in total. The van der Waals surface area contributed by atoms with Gasteiger partial charge in [0.05, 0.1) is 0 Å². The Bertz CT molecular complexity index is 60.6. The summed E-state index contributed by atoms with van der Waals surface area (Å²) < 4.78 is 15.7. The number of rotatable bonds is 6. The molecule has 0 fully saturated rings. The third-order valence-corrected chi connectivity index (χ3v) is 2.72. The zero-order valence-corrected chi connectivity index (χ0v) is 10.7. The topological polar surface area (TPSA) is 27.7 Å². The van der Waals surface area contributed by atoms with Gasteiger partial charge in [-0.2, -0.15) is 0 Å². The van der Waals surface area contributed by atoms with Crippen molar-refractivity contribution in [1.29, 1.82) is 0 Å². The fraction of sp³-hybridized carbons (Fsp3) is 1.00. The summed E-state index contributed by atoms with van der Waals surface area (Å²) in [5.41, 5.74) is 0. The molecule has 5 heteroatoms. The Kier molecular flexibility index (Phi) is 14.0. The van der Waals surface area contributed by atoms with E-state index in [-0.39, 0.29) is 21.1 Å². The molecule has 72 valence electrons. The Morgan fingerprint density at radius 2 is 1.09 bits per heavy atom. The molecule has 0 spiro atoms. The third-order valence-electron chi connectivity index (χ3n) is 0.908. The molecule has 0 aromatic heterocycles. The van der Waals surface area contributed by atoms with Gasteiger partial charge in [0.15, 0.2) is 0 Å². The first-order valence-corrected chi connectivity index (χ1v) is 5.11. The fourth-order valence-corrected chi connectivity index (χ4v) is 1.66. The second-order valence-corrected chi connectivity index (χ2v) is 3.23. The summed E-state index contributed by atoms with van der Waals surface area (Å²) in [5.74, 6) is 0. The number of hydrogen-bond donors (Lipinski definition) is 0. The van der Waals surface area contributed by atoms with Gasteiger partial charge in [0, 0.05) is 40.9 Å². The van der Waals surface area contributed by atoms with Crippen molar-refractivity contribution < 1.29 is 34.3 Å². The standard InChI is InChI=1S/C6H16O3Si.Pt/c1-4-7-10(8-5-2)9-6-3;/h10H,4-6H2,1-3H3;. The van der Waals surface area contributed by atoms with Gasteiger partial charge < -0.3 is 13.3 Å². The maximum atomic E-state index is 5.22. The first kappa shape index (κ1) is 14.3. The van der Waals surface area contributed by atoms with Crippen LogP contribution in [0.1, 0.15) is 20.8 Å². The molecular formula is C6H16O3PtSi. The molecule has 0 saturated carbocycles. The van der Waals surface area contributed by atoms with Crippen molar-refractivity contribution in [1.82, 2.24) is 0 Å². The predicted molar refractivity (Wildman–Crippen MR) is 42.0 cm³/mol. The molecule has 0 atom stereocenters. The minimum absolute atomic E-state index is 0. The van der Waals surface area contributed by atoms with Gasteiger partial charge in [0.25, 0.3) is 0 Å². The largest absolute Gasteiger partial charge is 0.484 e. The van der Waals surface area contributed by atoms with Crippen LogP contribution in [0, 0.1) is 0 Å². The van der Waals surface area contributed by atoms with Crippen LogP contribution in [0.2, 0.25) is 0 Å². The molecule has 0 aliphatic carbocycles. The molecule has 0 radical (unpaired) electrons. The van der Waals surface area contributed by atoms with E-state index in [0.29, 0.717) is 19.8 Å². The third kappa shape index (κ3) is 8.69. The normalized spacial score (nSPS) is 9.82. The monoisotopic (exact) mass is 359 g/mol. The summed E-state index contributed by atoms with van der Waals surface area (Å²) in [6.45, 7) is 7.86. The van der Waals surface area contributed by atoms with Gasteiger partial charge in [-0.25, -0.2) is 0 Å². The minimum Gasteiger partial charge on any atom is -0.376 e. The van der Waals surface area contributed by atoms with Gasteiger partial charge >= 0.3 is 9.53 Å². The summed E-state index contributed by atoms with van der Waals surface area (Å²) in [6.07, 6.45) is 0. The van der Waals surface area contributed by atoms with Crippen molar-refractivity contribution in [2.24, 2.45) is 0 Å². The quantitative estimate of drug-likeness (QED) is 0.657. The van der Waals surface area contributed by atoms with E-state index in [4.69, 9.17) is 13.3 Å². The van der Waals surface area contributed by atoms with E-state index in [1.807, 2.05) is 20.8 Å². The zero-order valence-electron chi connectivity index (χ0n) is 7.24. The Morgan fingerprint density at radius 1 is 0.818 bits per heavy atom. The molecule has 0 saturated heterocycles. The second kappa shape index (κ2) is 10.8. The van der Waals surface area contributed by atoms with Crippen molar-refractivity contribution in [2.45, 2.75) is 20.8 Å². The van der Waals surface area contributed by atoms with E-state index >= 15 is 0 Å². The molecule has 0 unspecified atom stereocenters. The first-order valence-electron chi connectivity index (χ1n) is 3.69. The summed E-state index contributed by atoms with van der Waals surface area (Å²) in [4.78, 5) is 0. The smallest absolute Gasteiger partial charge is 0.376 e. The molecule has 0 bridgehead atoms. The average molecular weight is 359 g/mol. The predicted octanol–water partition coefficient (Wildman–Crippen LogP) is 0.811. The van der Waals surface area contributed by atoms with Crippen LogP contribution in [0.3, 0.4) is 0 Å². The van der Waals surface area contributed by atoms with Gasteiger partial charge in [-0.1, -0.05) is 0 Å². The molecular weight excluding hydrogens is 343 g/mol. The molecule has 3 nitrogen and oxygen atoms in total. The van der Waals surface area contributed by atoms with E-state index in [9.17, 15) is 0 Å². The first-order chi connectivity index (χ1) is 4.85. The van der Waals surface area contributed by atoms with Crippen LogP contribution in [-0.4, -0.2) is 29.3 Å². The van der Waals surface area contributed by atoms with Gasteiger partial charge in [-0.15, -0.1) is 0 Å². The van der Waals surface area contributed by atoms with Crippen molar-refractivity contribution in [3.63, 3.8) is 0 Å². The minimum atomic E-state index is -1.73. The van der Waals surface area contributed by atoms with Crippen LogP contribution >= 0.6 is 0 Å². The van der Waals surface area contributed by atoms with Crippen LogP contribution in [0.4, 0.5) is 0 Å². The maximum absolute atomic E-state index is 5.22. The van der Waals surface area contributed by atoms with E-state index in [0.717, 1.165) is 0 Å². The summed E-state index contributed by atoms with van der Waals surface area (Å²) in [6, 6.07) is 0. The van der Waals surface area contributed by atoms with Gasteiger partial charge in [-0.3, -0.25) is 0 Å². The molecule has 11 heavy (non-hydrogen) atoms. The summed E-state index contributed by atoms with van der Waals surface area (Å²) in [5, 5.41) is 0. The van der Waals surface area contributed by atoms with Gasteiger partial charge in [0.2, 0.25) is 0 Å². The Hall–Kier alpha value is 0.785. The molecule has 0 aromatic carbocycles. The van der Waals surface area contributed by atoms with Crippen LogP contribution in [0.15, 0.2) is 0 Å². The van der Waals surface area contributed by atoms with Gasteiger partial charge in [-0.05, 0) is 20.8 Å². The van der Waals surface area contributed by atoms with E-state index in [1.165, 1.54) is 0 Å². The van der Waals surface area contributed by atoms with Crippen LogP contribution in [0.25, 0.3) is 0 Å². The van der Waals surface area contributed by atoms with E-state index < -0.39 is 9.53 Å². The summed E-state index contributed by atoms with van der Waals surface area (Å²) in [7, 11) is -1.73. The van der Waals surface area contributed by atoms with Crippen LogP contribution < -0.4 is 0 Å². The SMILES string of the molecule is CCO[SiH](OCC)OCC.[Pt]. The fourth-order valence-electron chi connectivity index (χ4n) is 0.553. The molecule has 0 aliphatic heterocycles. The zero-order chi connectivity index (χ0) is 7.82. The van der Waals surface area contributed by atoms with Crippen molar-refractivity contribution in [3.8, 4) is 0 Å². The van der Waals surface area contributed by atoms with Crippen LogP contribution in [-0.2, 0) is 34.3 Å². The molecule has 0 amide bonds. The molecule has 0 aromatic rings. The van der Waals surface area contributed by atoms with Crippen LogP contribution in [0.5, 0.6) is 0 Å². The van der Waals surface area contributed by atoms with E-state index in [2.05, 4.69) is 0 Å². The maximum Gasteiger partial charge on any atom is 0.484 e. The molecule has 0 aliphatic rings. The van der Waals surface area contributed by atoms with Crippen molar-refractivity contribution >= 4 is 9.53 Å². The molecule has 0 rings (SSSR count). The van der Waals surface area contributed by atoms with E-state index in [1.54, 1.807) is 0 Å². The Balaban J connectivity index is 0. The summed E-state index contributed by atoms with van der Waals surface area (Å²) >= 11 is 0. The van der Waals surface area contributed by atoms with Gasteiger partial charge in [0.1, 0.15) is 0 Å². The second-order valence-electron chi connectivity index (χ2n) is 1.65. The Labute approximate surface area is 84.6 Å². The van der Waals surface area contributed by atoms with Crippen molar-refractivity contribution in [2.75, 3.05) is 19.8 Å². The average Bonchev–Trinajstić information content (AvgIpc) is 1.90. The Morgan fingerprint density at radius 3 is 1.27 bits per heavy atom. The molecule has 0 heterocycles. The number of hydrogen-bond acceptors (Lipinski definition) is 3. The van der Waals surface area contributed by atoms with Crippen molar-refractivity contribution in [3.05, 3.63) is 0 Å².